The maximum atomic E-state index is 12.9. The number of nitrogens with two attached hydrogens (primary N) is 1. The van der Waals surface area contributed by atoms with Crippen LogP contribution >= 0.6 is 12.4 Å². The van der Waals surface area contributed by atoms with E-state index in [-0.39, 0.29) is 24.2 Å². The molecule has 0 spiro atoms. The van der Waals surface area contributed by atoms with Gasteiger partial charge in [-0.05, 0) is 31.6 Å². The van der Waals surface area contributed by atoms with Crippen LogP contribution in [0.3, 0.4) is 0 Å². The second kappa shape index (κ2) is 7.89. The number of rotatable bonds is 5. The van der Waals surface area contributed by atoms with Gasteiger partial charge in [0.2, 0.25) is 5.91 Å². The fourth-order valence-corrected chi connectivity index (χ4v) is 2.27. The Kier molecular flexibility index (Phi) is 7.71. The zero-order valence-electron chi connectivity index (χ0n) is 10.8. The first-order valence-electron chi connectivity index (χ1n) is 6.34. The van der Waals surface area contributed by atoms with Crippen molar-refractivity contribution < 1.29 is 13.6 Å². The third kappa shape index (κ3) is 5.48. The van der Waals surface area contributed by atoms with Crippen molar-refractivity contribution >= 4 is 18.3 Å². The molecule has 3 N–H and O–H groups in total. The van der Waals surface area contributed by atoms with E-state index in [4.69, 9.17) is 5.73 Å². The summed E-state index contributed by atoms with van der Waals surface area (Å²) in [5.74, 6) is -2.63. The van der Waals surface area contributed by atoms with Gasteiger partial charge in [0.1, 0.15) is 0 Å². The Balaban J connectivity index is 0.00000289. The van der Waals surface area contributed by atoms with Crippen LogP contribution in [0, 0.1) is 11.8 Å². The van der Waals surface area contributed by atoms with Crippen LogP contribution in [0.1, 0.15) is 39.0 Å². The highest BCUT2D eigenvalue weighted by atomic mass is 35.5. The zero-order valence-corrected chi connectivity index (χ0v) is 11.6. The van der Waals surface area contributed by atoms with Crippen LogP contribution in [-0.4, -0.2) is 24.9 Å². The smallest absolute Gasteiger partial charge is 0.277 e. The van der Waals surface area contributed by atoms with Crippen molar-refractivity contribution in [3.8, 4) is 0 Å². The lowest BCUT2D eigenvalue weighted by molar-refractivity contribution is -0.128. The average molecular weight is 285 g/mol. The van der Waals surface area contributed by atoms with E-state index in [1.165, 1.54) is 0 Å². The number of hydrogen-bond acceptors (Lipinski definition) is 2. The molecule has 1 fully saturated rings. The first kappa shape index (κ1) is 17.6. The molecule has 0 heterocycles. The Hall–Kier alpha value is -0.420. The molecule has 0 aromatic heterocycles. The lowest BCUT2D eigenvalue weighted by Crippen LogP contribution is -2.44. The molecule has 0 aliphatic heterocycles. The fraction of sp³-hybridized carbons (Fsp3) is 0.917. The van der Waals surface area contributed by atoms with Crippen molar-refractivity contribution in [1.29, 1.82) is 0 Å². The van der Waals surface area contributed by atoms with Crippen LogP contribution in [0.25, 0.3) is 0 Å². The van der Waals surface area contributed by atoms with Gasteiger partial charge in [-0.25, -0.2) is 8.78 Å². The van der Waals surface area contributed by atoms with Crippen LogP contribution in [0.2, 0.25) is 0 Å². The summed E-state index contributed by atoms with van der Waals surface area (Å²) in [6.45, 7) is 0.777. The number of amides is 1. The highest BCUT2D eigenvalue weighted by Gasteiger charge is 2.30. The summed E-state index contributed by atoms with van der Waals surface area (Å²) in [5.41, 5.74) is 4.91. The van der Waals surface area contributed by atoms with E-state index in [1.54, 1.807) is 0 Å². The van der Waals surface area contributed by atoms with Crippen LogP contribution in [0.15, 0.2) is 0 Å². The molecule has 0 radical (unpaired) electrons. The summed E-state index contributed by atoms with van der Waals surface area (Å²) < 4.78 is 25.7. The van der Waals surface area contributed by atoms with Crippen molar-refractivity contribution in [3.05, 3.63) is 0 Å². The number of hydrogen-bond donors (Lipinski definition) is 2. The van der Waals surface area contributed by atoms with Crippen LogP contribution in [0.5, 0.6) is 0 Å². The number of alkyl halides is 2. The van der Waals surface area contributed by atoms with Crippen LogP contribution < -0.4 is 11.1 Å². The van der Waals surface area contributed by atoms with Gasteiger partial charge in [0, 0.05) is 5.92 Å². The maximum absolute atomic E-state index is 12.9. The Morgan fingerprint density at radius 2 is 1.89 bits per heavy atom. The van der Waals surface area contributed by atoms with Gasteiger partial charge in [-0.1, -0.05) is 13.3 Å². The van der Waals surface area contributed by atoms with Gasteiger partial charge in [0.15, 0.2) is 0 Å². The number of carbonyl (C=O) groups is 1. The number of halogens is 3. The van der Waals surface area contributed by atoms with Crippen molar-refractivity contribution in [3.63, 3.8) is 0 Å². The molecule has 0 unspecified atom stereocenters. The molecule has 0 aromatic rings. The van der Waals surface area contributed by atoms with E-state index in [0.29, 0.717) is 5.92 Å². The highest BCUT2D eigenvalue weighted by molar-refractivity contribution is 5.85. The van der Waals surface area contributed by atoms with Crippen molar-refractivity contribution in [1.82, 2.24) is 5.32 Å². The molecule has 108 valence electrons. The van der Waals surface area contributed by atoms with E-state index in [1.807, 2.05) is 0 Å². The Bertz CT molecular complexity index is 256. The minimum absolute atomic E-state index is 0. The molecule has 1 aliphatic carbocycles. The molecule has 1 amide bonds. The maximum Gasteiger partial charge on any atom is 0.277 e. The number of carbonyl (C=O) groups excluding carboxylic acids is 1. The standard InChI is InChI=1S/C12H22F2N2O.ClH/c1-2-9-3-5-10(6-4-9)11(17)16-8-12(13,14)7-15;/h9-10H,2-8,15H2,1H3,(H,16,17);1H. The van der Waals surface area contributed by atoms with Gasteiger partial charge in [-0.3, -0.25) is 4.79 Å². The lowest BCUT2D eigenvalue weighted by Gasteiger charge is -2.27. The van der Waals surface area contributed by atoms with E-state index >= 15 is 0 Å². The second-order valence-corrected chi connectivity index (χ2v) is 4.90. The Morgan fingerprint density at radius 1 is 1.33 bits per heavy atom. The molecule has 3 nitrogen and oxygen atoms in total. The monoisotopic (exact) mass is 284 g/mol. The molecule has 0 saturated heterocycles. The SMILES string of the molecule is CCC1CCC(C(=O)NCC(F)(F)CN)CC1.Cl. The van der Waals surface area contributed by atoms with Crippen LogP contribution in [-0.2, 0) is 4.79 Å². The predicted octanol–water partition coefficient (Wildman–Crippen LogP) is 2.33. The van der Waals surface area contributed by atoms with Crippen LogP contribution in [0.4, 0.5) is 8.78 Å². The average Bonchev–Trinajstić information content (AvgIpc) is 2.36. The van der Waals surface area contributed by atoms with E-state index in [0.717, 1.165) is 32.1 Å². The quantitative estimate of drug-likeness (QED) is 0.814. The number of nitrogens with one attached hydrogen (secondary N) is 1. The van der Waals surface area contributed by atoms with Crippen molar-refractivity contribution in [2.75, 3.05) is 13.1 Å². The second-order valence-electron chi connectivity index (χ2n) is 4.90. The summed E-state index contributed by atoms with van der Waals surface area (Å²) >= 11 is 0. The molecule has 0 aromatic carbocycles. The van der Waals surface area contributed by atoms with Gasteiger partial charge in [0.05, 0.1) is 13.1 Å². The normalized spacial score (nSPS) is 24.2. The largest absolute Gasteiger partial charge is 0.350 e. The summed E-state index contributed by atoms with van der Waals surface area (Å²) in [7, 11) is 0. The first-order valence-corrected chi connectivity index (χ1v) is 6.34. The molecule has 0 bridgehead atoms. The van der Waals surface area contributed by atoms with Gasteiger partial charge in [0.25, 0.3) is 5.92 Å². The fourth-order valence-electron chi connectivity index (χ4n) is 2.27. The highest BCUT2D eigenvalue weighted by Crippen LogP contribution is 2.30. The molecule has 1 aliphatic rings. The minimum Gasteiger partial charge on any atom is -0.350 e. The third-order valence-corrected chi connectivity index (χ3v) is 3.61. The van der Waals surface area contributed by atoms with E-state index < -0.39 is 19.0 Å². The van der Waals surface area contributed by atoms with Crippen molar-refractivity contribution in [2.45, 2.75) is 45.0 Å². The zero-order chi connectivity index (χ0) is 12.9. The molecule has 1 saturated carbocycles. The summed E-state index contributed by atoms with van der Waals surface area (Å²) in [4.78, 5) is 11.7. The van der Waals surface area contributed by atoms with Gasteiger partial charge in [-0.15, -0.1) is 12.4 Å². The van der Waals surface area contributed by atoms with Crippen molar-refractivity contribution in [2.24, 2.45) is 17.6 Å². The topological polar surface area (TPSA) is 55.1 Å². The molecular weight excluding hydrogens is 262 g/mol. The third-order valence-electron chi connectivity index (χ3n) is 3.61. The first-order chi connectivity index (χ1) is 7.98. The van der Waals surface area contributed by atoms with Gasteiger partial charge >= 0.3 is 0 Å². The Morgan fingerprint density at radius 3 is 2.33 bits per heavy atom. The summed E-state index contributed by atoms with van der Waals surface area (Å²) in [6.07, 6.45) is 4.83. The minimum atomic E-state index is -2.99. The summed E-state index contributed by atoms with van der Waals surface area (Å²) in [6, 6.07) is 0. The molecule has 18 heavy (non-hydrogen) atoms. The summed E-state index contributed by atoms with van der Waals surface area (Å²) in [5, 5.41) is 2.31. The molecule has 0 atom stereocenters. The van der Waals surface area contributed by atoms with Gasteiger partial charge < -0.3 is 11.1 Å². The Labute approximate surface area is 113 Å². The predicted molar refractivity (Wildman–Crippen MR) is 70.0 cm³/mol. The van der Waals surface area contributed by atoms with E-state index in [9.17, 15) is 13.6 Å². The van der Waals surface area contributed by atoms with E-state index in [2.05, 4.69) is 12.2 Å². The lowest BCUT2D eigenvalue weighted by atomic mass is 9.80. The molecule has 1 rings (SSSR count). The molecule has 6 heteroatoms. The van der Waals surface area contributed by atoms with Gasteiger partial charge in [-0.2, -0.15) is 0 Å². The molecular formula is C12H23ClF2N2O.